The minimum absolute atomic E-state index is 0.176. The van der Waals surface area contributed by atoms with E-state index < -0.39 is 18.5 Å². The molecule has 0 saturated heterocycles. The Labute approximate surface area is 131 Å². The summed E-state index contributed by atoms with van der Waals surface area (Å²) in [5.74, 6) is -0.467. The molecule has 0 aliphatic heterocycles. The Bertz CT molecular complexity index is 671. The quantitative estimate of drug-likeness (QED) is 0.819. The number of ether oxygens (including phenoxy) is 2. The van der Waals surface area contributed by atoms with E-state index in [1.54, 1.807) is 31.2 Å². The van der Waals surface area contributed by atoms with Gasteiger partial charge in [-0.3, -0.25) is 4.79 Å². The summed E-state index contributed by atoms with van der Waals surface area (Å²) in [5.41, 5.74) is 0.444. The molecule has 0 aliphatic rings. The number of aryl methyl sites for hydroxylation is 1. The van der Waals surface area contributed by atoms with Gasteiger partial charge in [0.05, 0.1) is 10.7 Å². The Morgan fingerprint density at radius 3 is 2.77 bits per heavy atom. The van der Waals surface area contributed by atoms with Gasteiger partial charge in [-0.25, -0.2) is 4.79 Å². The minimum Gasteiger partial charge on any atom is -0.463 e. The molecule has 116 valence electrons. The average Bonchev–Trinajstić information content (AvgIpc) is 2.91. The number of nitrogens with one attached hydrogen (secondary N) is 1. The molecule has 0 saturated carbocycles. The van der Waals surface area contributed by atoms with Crippen LogP contribution in [0.15, 0.2) is 34.9 Å². The fraction of sp³-hybridized carbons (Fsp3) is 0.214. The molecular formula is C14H13ClN2O5. The number of para-hydroxylation sites is 1. The molecule has 1 amide bonds. The van der Waals surface area contributed by atoms with E-state index in [1.165, 1.54) is 6.07 Å². The molecule has 7 nitrogen and oxygen atoms in total. The Balaban J connectivity index is 1.71. The Kier molecular flexibility index (Phi) is 5.37. The number of amides is 1. The second-order valence-electron chi connectivity index (χ2n) is 4.25. The summed E-state index contributed by atoms with van der Waals surface area (Å²) < 4.78 is 14.6. The Morgan fingerprint density at radius 1 is 1.32 bits per heavy atom. The first-order valence-corrected chi connectivity index (χ1v) is 6.68. The van der Waals surface area contributed by atoms with E-state index in [0.29, 0.717) is 16.5 Å². The highest BCUT2D eigenvalue weighted by Crippen LogP contribution is 2.20. The molecule has 1 heterocycles. The SMILES string of the molecule is Cc1cc(OCC(=O)OCC(=O)Nc2ccccc2Cl)no1. The van der Waals surface area contributed by atoms with Crippen molar-refractivity contribution in [2.24, 2.45) is 0 Å². The van der Waals surface area contributed by atoms with Crippen LogP contribution in [0.1, 0.15) is 5.76 Å². The predicted octanol–water partition coefficient (Wildman–Crippen LogP) is 2.20. The second-order valence-corrected chi connectivity index (χ2v) is 4.66. The molecule has 0 aliphatic carbocycles. The number of nitrogens with zero attached hydrogens (tertiary/aromatic N) is 1. The maximum atomic E-state index is 11.6. The van der Waals surface area contributed by atoms with E-state index in [2.05, 4.69) is 10.5 Å². The molecule has 1 N–H and O–H groups in total. The number of anilines is 1. The molecule has 0 atom stereocenters. The highest BCUT2D eigenvalue weighted by molar-refractivity contribution is 6.33. The molecular weight excluding hydrogens is 312 g/mol. The molecule has 0 bridgehead atoms. The zero-order valence-corrected chi connectivity index (χ0v) is 12.4. The second kappa shape index (κ2) is 7.46. The maximum Gasteiger partial charge on any atom is 0.344 e. The summed E-state index contributed by atoms with van der Waals surface area (Å²) in [6.07, 6.45) is 0. The van der Waals surface area contributed by atoms with E-state index in [9.17, 15) is 9.59 Å². The van der Waals surface area contributed by atoms with E-state index in [4.69, 9.17) is 25.6 Å². The van der Waals surface area contributed by atoms with Gasteiger partial charge >= 0.3 is 5.97 Å². The van der Waals surface area contributed by atoms with Crippen LogP contribution in [0.4, 0.5) is 5.69 Å². The van der Waals surface area contributed by atoms with E-state index in [-0.39, 0.29) is 12.5 Å². The highest BCUT2D eigenvalue weighted by Gasteiger charge is 2.11. The number of hydrogen-bond donors (Lipinski definition) is 1. The molecule has 22 heavy (non-hydrogen) atoms. The number of rotatable bonds is 6. The third-order valence-electron chi connectivity index (χ3n) is 2.46. The number of benzene rings is 1. The summed E-state index contributed by atoms with van der Waals surface area (Å²) in [5, 5.41) is 6.47. The lowest BCUT2D eigenvalue weighted by atomic mass is 10.3. The summed E-state index contributed by atoms with van der Waals surface area (Å²) in [4.78, 5) is 23.1. The van der Waals surface area contributed by atoms with Crippen molar-refractivity contribution in [2.45, 2.75) is 6.92 Å². The van der Waals surface area contributed by atoms with Gasteiger partial charge in [0, 0.05) is 6.07 Å². The van der Waals surface area contributed by atoms with Crippen LogP contribution in [0.5, 0.6) is 5.88 Å². The zero-order chi connectivity index (χ0) is 15.9. The van der Waals surface area contributed by atoms with E-state index >= 15 is 0 Å². The third kappa shape index (κ3) is 4.78. The van der Waals surface area contributed by atoms with Crippen molar-refractivity contribution in [1.29, 1.82) is 0 Å². The molecule has 8 heteroatoms. The number of aromatic nitrogens is 1. The number of hydrogen-bond acceptors (Lipinski definition) is 6. The molecule has 0 unspecified atom stereocenters. The molecule has 0 spiro atoms. The smallest absolute Gasteiger partial charge is 0.344 e. The Hall–Kier alpha value is -2.54. The molecule has 0 radical (unpaired) electrons. The number of carbonyl (C=O) groups is 2. The van der Waals surface area contributed by atoms with Crippen molar-refractivity contribution in [3.05, 3.63) is 41.1 Å². The predicted molar refractivity (Wildman–Crippen MR) is 77.8 cm³/mol. The van der Waals surface area contributed by atoms with Gasteiger partial charge in [0.15, 0.2) is 13.2 Å². The third-order valence-corrected chi connectivity index (χ3v) is 2.79. The van der Waals surface area contributed by atoms with Crippen molar-refractivity contribution < 1.29 is 23.6 Å². The fourth-order valence-electron chi connectivity index (χ4n) is 1.48. The zero-order valence-electron chi connectivity index (χ0n) is 11.7. The summed E-state index contributed by atoms with van der Waals surface area (Å²) in [6.45, 7) is 0.883. The molecule has 0 fully saturated rings. The van der Waals surface area contributed by atoms with E-state index in [1.807, 2.05) is 0 Å². The monoisotopic (exact) mass is 324 g/mol. The molecule has 1 aromatic carbocycles. The van der Waals surface area contributed by atoms with Crippen LogP contribution in [0.25, 0.3) is 0 Å². The van der Waals surface area contributed by atoms with Gasteiger partial charge in [0.25, 0.3) is 11.8 Å². The maximum absolute atomic E-state index is 11.6. The lowest BCUT2D eigenvalue weighted by Crippen LogP contribution is -2.23. The minimum atomic E-state index is -0.699. The topological polar surface area (TPSA) is 90.7 Å². The van der Waals surface area contributed by atoms with Crippen LogP contribution in [0.2, 0.25) is 5.02 Å². The number of halogens is 1. The molecule has 2 aromatic rings. The van der Waals surface area contributed by atoms with Gasteiger partial charge in [-0.15, -0.1) is 0 Å². The van der Waals surface area contributed by atoms with Gasteiger partial charge < -0.3 is 19.3 Å². The van der Waals surface area contributed by atoms with Crippen molar-refractivity contribution in [3.8, 4) is 5.88 Å². The number of esters is 1. The standard InChI is InChI=1S/C14H13ClN2O5/c1-9-6-13(17-22-9)20-8-14(19)21-7-12(18)16-11-5-3-2-4-10(11)15/h2-6H,7-8H2,1H3,(H,16,18). The van der Waals surface area contributed by atoms with Gasteiger partial charge in [-0.1, -0.05) is 23.7 Å². The van der Waals surface area contributed by atoms with Crippen LogP contribution in [0, 0.1) is 6.92 Å². The highest BCUT2D eigenvalue weighted by atomic mass is 35.5. The van der Waals surface area contributed by atoms with Crippen LogP contribution in [-0.2, 0) is 14.3 Å². The lowest BCUT2D eigenvalue weighted by Gasteiger charge is -2.07. The summed E-state index contributed by atoms with van der Waals surface area (Å²) in [7, 11) is 0. The molecule has 2 rings (SSSR count). The van der Waals surface area contributed by atoms with Crippen LogP contribution in [0.3, 0.4) is 0 Å². The van der Waals surface area contributed by atoms with Crippen LogP contribution in [-0.4, -0.2) is 30.2 Å². The van der Waals surface area contributed by atoms with Gasteiger partial charge in [-0.2, -0.15) is 0 Å². The molecule has 1 aromatic heterocycles. The summed E-state index contributed by atoms with van der Waals surface area (Å²) >= 11 is 5.89. The Morgan fingerprint density at radius 2 is 2.09 bits per heavy atom. The van der Waals surface area contributed by atoms with Gasteiger partial charge in [0.1, 0.15) is 5.76 Å². The van der Waals surface area contributed by atoms with Gasteiger partial charge in [-0.05, 0) is 24.2 Å². The lowest BCUT2D eigenvalue weighted by molar-refractivity contribution is -0.149. The van der Waals surface area contributed by atoms with Crippen molar-refractivity contribution >= 4 is 29.2 Å². The summed E-state index contributed by atoms with van der Waals surface area (Å²) in [6, 6.07) is 8.26. The van der Waals surface area contributed by atoms with Crippen molar-refractivity contribution in [3.63, 3.8) is 0 Å². The first kappa shape index (κ1) is 15.8. The van der Waals surface area contributed by atoms with E-state index in [0.717, 1.165) is 0 Å². The first-order chi connectivity index (χ1) is 10.5. The van der Waals surface area contributed by atoms with Crippen LogP contribution < -0.4 is 10.1 Å². The largest absolute Gasteiger partial charge is 0.463 e. The van der Waals surface area contributed by atoms with Crippen molar-refractivity contribution in [1.82, 2.24) is 5.16 Å². The number of carbonyl (C=O) groups excluding carboxylic acids is 2. The van der Waals surface area contributed by atoms with Gasteiger partial charge in [0.2, 0.25) is 0 Å². The fourth-order valence-corrected chi connectivity index (χ4v) is 1.66. The normalized spacial score (nSPS) is 10.1. The van der Waals surface area contributed by atoms with Crippen LogP contribution >= 0.6 is 11.6 Å². The first-order valence-electron chi connectivity index (χ1n) is 6.30. The van der Waals surface area contributed by atoms with Crippen molar-refractivity contribution in [2.75, 3.05) is 18.5 Å². The average molecular weight is 325 g/mol.